The van der Waals surface area contributed by atoms with Crippen molar-refractivity contribution in [2.45, 2.75) is 63.7 Å². The van der Waals surface area contributed by atoms with Crippen LogP contribution in [0.4, 0.5) is 0 Å². The summed E-state index contributed by atoms with van der Waals surface area (Å²) in [7, 11) is 0. The van der Waals surface area contributed by atoms with E-state index in [1.165, 1.54) is 30.6 Å². The molecular formula is C24H35NO3S. The molecule has 29 heavy (non-hydrogen) atoms. The van der Waals surface area contributed by atoms with Crippen LogP contribution in [0.3, 0.4) is 0 Å². The molecule has 3 rings (SSSR count). The zero-order valence-corrected chi connectivity index (χ0v) is 18.1. The Labute approximate surface area is 179 Å². The van der Waals surface area contributed by atoms with Crippen molar-refractivity contribution in [1.29, 1.82) is 0 Å². The molecule has 1 aromatic rings. The van der Waals surface area contributed by atoms with Crippen LogP contribution < -0.4 is 5.32 Å². The van der Waals surface area contributed by atoms with Gasteiger partial charge >= 0.3 is 5.97 Å². The number of carbonyl (C=O) groups is 1. The molecule has 2 aliphatic rings. The van der Waals surface area contributed by atoms with Gasteiger partial charge in [0.15, 0.2) is 0 Å². The number of benzene rings is 1. The number of allylic oxidation sites excluding steroid dienone is 2. The molecule has 0 unspecified atom stereocenters. The van der Waals surface area contributed by atoms with Gasteiger partial charge in [-0.15, -0.1) is 0 Å². The monoisotopic (exact) mass is 417 g/mol. The van der Waals surface area contributed by atoms with Crippen molar-refractivity contribution in [3.63, 3.8) is 0 Å². The molecule has 1 aromatic carbocycles. The maximum absolute atomic E-state index is 10.6. The fourth-order valence-electron chi connectivity index (χ4n) is 4.63. The van der Waals surface area contributed by atoms with E-state index in [0.29, 0.717) is 24.0 Å². The van der Waals surface area contributed by atoms with E-state index in [-0.39, 0.29) is 6.42 Å². The summed E-state index contributed by atoms with van der Waals surface area (Å²) in [5.74, 6) is 3.02. The van der Waals surface area contributed by atoms with Crippen LogP contribution >= 0.6 is 11.8 Å². The maximum atomic E-state index is 10.6. The van der Waals surface area contributed by atoms with Crippen LogP contribution in [0.2, 0.25) is 0 Å². The maximum Gasteiger partial charge on any atom is 0.303 e. The van der Waals surface area contributed by atoms with Crippen molar-refractivity contribution >= 4 is 17.7 Å². The second-order valence-electron chi connectivity index (χ2n) is 8.17. The quantitative estimate of drug-likeness (QED) is 0.333. The summed E-state index contributed by atoms with van der Waals surface area (Å²) >= 11 is 2.05. The largest absolute Gasteiger partial charge is 0.481 e. The first-order valence-corrected chi connectivity index (χ1v) is 12.2. The van der Waals surface area contributed by atoms with Gasteiger partial charge in [-0.05, 0) is 61.7 Å². The summed E-state index contributed by atoms with van der Waals surface area (Å²) < 4.78 is 6.22. The number of ether oxygens (including phenoxy) is 1. The van der Waals surface area contributed by atoms with Gasteiger partial charge in [0.2, 0.25) is 0 Å². The van der Waals surface area contributed by atoms with Crippen LogP contribution in [0.25, 0.3) is 0 Å². The summed E-state index contributed by atoms with van der Waals surface area (Å²) in [6.07, 6.45) is 12.0. The highest BCUT2D eigenvalue weighted by Crippen LogP contribution is 2.46. The molecule has 4 atom stereocenters. The molecule has 160 valence electrons. The van der Waals surface area contributed by atoms with E-state index in [2.05, 4.69) is 59.6 Å². The molecule has 2 N–H and O–H groups in total. The van der Waals surface area contributed by atoms with E-state index in [1.54, 1.807) is 0 Å². The predicted octanol–water partition coefficient (Wildman–Crippen LogP) is 4.89. The van der Waals surface area contributed by atoms with E-state index < -0.39 is 5.97 Å². The van der Waals surface area contributed by atoms with Crippen molar-refractivity contribution in [2.24, 2.45) is 11.8 Å². The number of aliphatic carboxylic acids is 1. The Bertz CT molecular complexity index is 636. The van der Waals surface area contributed by atoms with Crippen LogP contribution in [0.15, 0.2) is 42.5 Å². The van der Waals surface area contributed by atoms with E-state index in [1.807, 2.05) is 0 Å². The second kappa shape index (κ2) is 12.4. The Morgan fingerprint density at radius 2 is 1.93 bits per heavy atom. The van der Waals surface area contributed by atoms with Gasteiger partial charge in [-0.3, -0.25) is 4.79 Å². The standard InChI is InChI=1S/C24H35NO3S/c26-24(27)11-7-2-1-6-10-20-21(23-13-12-22(20)28-23)14-16-29-17-15-25-18-19-8-4-3-5-9-19/h1,3-6,8-9,20-23,25H,2,7,10-18H2,(H,26,27)/b6-1-/t20-,21+,22-,23+/m1/s1. The zero-order valence-electron chi connectivity index (χ0n) is 17.3. The first-order chi connectivity index (χ1) is 14.2. The molecule has 2 fully saturated rings. The number of rotatable bonds is 14. The molecule has 2 saturated heterocycles. The highest BCUT2D eigenvalue weighted by molar-refractivity contribution is 7.99. The number of hydrogen-bond donors (Lipinski definition) is 2. The predicted molar refractivity (Wildman–Crippen MR) is 120 cm³/mol. The topological polar surface area (TPSA) is 58.6 Å². The second-order valence-corrected chi connectivity index (χ2v) is 9.40. The third-order valence-corrected chi connectivity index (χ3v) is 7.13. The summed E-state index contributed by atoms with van der Waals surface area (Å²) in [5.41, 5.74) is 1.34. The third kappa shape index (κ3) is 7.47. The molecule has 2 aliphatic heterocycles. The third-order valence-electron chi connectivity index (χ3n) is 6.12. The van der Waals surface area contributed by atoms with Crippen LogP contribution in [0, 0.1) is 11.8 Å². The number of fused-ring (bicyclic) bond motifs is 2. The molecule has 4 nitrogen and oxygen atoms in total. The Morgan fingerprint density at radius 1 is 1.14 bits per heavy atom. The minimum absolute atomic E-state index is 0.266. The number of hydrogen-bond acceptors (Lipinski definition) is 4. The minimum atomic E-state index is -0.701. The Hall–Kier alpha value is -1.30. The first kappa shape index (κ1) is 22.4. The molecular weight excluding hydrogens is 382 g/mol. The van der Waals surface area contributed by atoms with E-state index in [9.17, 15) is 4.79 Å². The number of carboxylic acids is 1. The Kier molecular flexibility index (Phi) is 9.58. The number of thioether (sulfide) groups is 1. The molecule has 0 amide bonds. The zero-order chi connectivity index (χ0) is 20.3. The van der Waals surface area contributed by atoms with Crippen molar-refractivity contribution < 1.29 is 14.6 Å². The van der Waals surface area contributed by atoms with Gasteiger partial charge in [0.25, 0.3) is 0 Å². The lowest BCUT2D eigenvalue weighted by Crippen LogP contribution is -2.27. The summed E-state index contributed by atoms with van der Waals surface area (Å²) in [6.45, 7) is 2.00. The SMILES string of the molecule is O=C(O)CCC/C=C\C[C@@H]1[C@H](CCSCCNCc2ccccc2)[C@@H]2CC[C@H]1O2. The molecule has 0 radical (unpaired) electrons. The van der Waals surface area contributed by atoms with Gasteiger partial charge in [0.05, 0.1) is 12.2 Å². The highest BCUT2D eigenvalue weighted by Gasteiger charge is 2.47. The summed E-state index contributed by atoms with van der Waals surface area (Å²) in [5, 5.41) is 12.2. The lowest BCUT2D eigenvalue weighted by Gasteiger charge is -2.27. The van der Waals surface area contributed by atoms with Gasteiger partial charge in [-0.2, -0.15) is 11.8 Å². The van der Waals surface area contributed by atoms with Crippen molar-refractivity contribution in [3.05, 3.63) is 48.0 Å². The van der Waals surface area contributed by atoms with Crippen molar-refractivity contribution in [1.82, 2.24) is 5.32 Å². The van der Waals surface area contributed by atoms with Gasteiger partial charge in [-0.25, -0.2) is 0 Å². The van der Waals surface area contributed by atoms with Crippen LogP contribution in [0.5, 0.6) is 0 Å². The summed E-state index contributed by atoms with van der Waals surface area (Å²) in [4.78, 5) is 10.6. The smallest absolute Gasteiger partial charge is 0.303 e. The molecule has 0 aliphatic carbocycles. The molecule has 5 heteroatoms. The van der Waals surface area contributed by atoms with Gasteiger partial charge in [0.1, 0.15) is 0 Å². The molecule has 0 aromatic heterocycles. The average molecular weight is 418 g/mol. The Balaban J connectivity index is 1.28. The molecule has 0 saturated carbocycles. The molecule has 2 heterocycles. The lowest BCUT2D eigenvalue weighted by molar-refractivity contribution is -0.137. The van der Waals surface area contributed by atoms with E-state index >= 15 is 0 Å². The van der Waals surface area contributed by atoms with Gasteiger partial charge in [-0.1, -0.05) is 42.5 Å². The fraction of sp³-hybridized carbons (Fsp3) is 0.625. The average Bonchev–Trinajstić information content (AvgIpc) is 3.32. The summed E-state index contributed by atoms with van der Waals surface area (Å²) in [6, 6.07) is 10.6. The number of nitrogens with one attached hydrogen (secondary N) is 1. The van der Waals surface area contributed by atoms with Crippen LogP contribution in [0.1, 0.15) is 50.5 Å². The first-order valence-electron chi connectivity index (χ1n) is 11.1. The molecule has 0 spiro atoms. The molecule has 2 bridgehead atoms. The van der Waals surface area contributed by atoms with Crippen LogP contribution in [-0.2, 0) is 16.1 Å². The van der Waals surface area contributed by atoms with Gasteiger partial charge < -0.3 is 15.2 Å². The van der Waals surface area contributed by atoms with Crippen molar-refractivity contribution in [2.75, 3.05) is 18.1 Å². The normalized spacial score (nSPS) is 25.8. The van der Waals surface area contributed by atoms with Crippen LogP contribution in [-0.4, -0.2) is 41.3 Å². The van der Waals surface area contributed by atoms with Gasteiger partial charge in [0, 0.05) is 25.3 Å². The number of unbranched alkanes of at least 4 members (excludes halogenated alkanes) is 1. The van der Waals surface area contributed by atoms with E-state index in [4.69, 9.17) is 9.84 Å². The van der Waals surface area contributed by atoms with E-state index in [0.717, 1.165) is 38.1 Å². The Morgan fingerprint density at radius 3 is 2.72 bits per heavy atom. The minimum Gasteiger partial charge on any atom is -0.481 e. The fourth-order valence-corrected chi connectivity index (χ4v) is 5.57. The van der Waals surface area contributed by atoms with Crippen molar-refractivity contribution in [3.8, 4) is 0 Å². The number of carboxylic acid groups (broad SMARTS) is 1. The highest BCUT2D eigenvalue weighted by atomic mass is 32.2. The lowest BCUT2D eigenvalue weighted by atomic mass is 9.76.